The van der Waals surface area contributed by atoms with E-state index in [0.29, 0.717) is 24.9 Å². The topological polar surface area (TPSA) is 49.9 Å². The Labute approximate surface area is 197 Å². The Morgan fingerprint density at radius 2 is 1.50 bits per heavy atom. The zero-order valence-electron chi connectivity index (χ0n) is 19.2. The fourth-order valence-corrected chi connectivity index (χ4v) is 5.72. The fourth-order valence-electron chi connectivity index (χ4n) is 5.54. The van der Waals surface area contributed by atoms with Crippen LogP contribution in [-0.4, -0.2) is 54.4 Å². The van der Waals surface area contributed by atoms with Gasteiger partial charge in [0.15, 0.2) is 6.61 Å². The minimum atomic E-state index is 0.00946. The SMILES string of the molecule is O=C(COc1ccc(Cl)cc1C1CCCCC1)N1CCC(C(=O)N2CCCCCC2)CC1. The first-order valence-corrected chi connectivity index (χ1v) is 13.0. The third kappa shape index (κ3) is 5.98. The van der Waals surface area contributed by atoms with Gasteiger partial charge >= 0.3 is 0 Å². The van der Waals surface area contributed by atoms with Crippen LogP contribution in [0.15, 0.2) is 18.2 Å². The lowest BCUT2D eigenvalue weighted by Crippen LogP contribution is -2.45. The van der Waals surface area contributed by atoms with Crippen LogP contribution < -0.4 is 4.74 Å². The number of rotatable bonds is 5. The van der Waals surface area contributed by atoms with Crippen molar-refractivity contribution in [1.82, 2.24) is 9.80 Å². The molecule has 1 aromatic carbocycles. The van der Waals surface area contributed by atoms with Crippen molar-refractivity contribution in [2.75, 3.05) is 32.8 Å². The summed E-state index contributed by atoms with van der Waals surface area (Å²) in [5.74, 6) is 1.63. The number of carbonyl (C=O) groups excluding carboxylic acids is 2. The molecule has 3 aliphatic rings. The molecule has 2 saturated heterocycles. The van der Waals surface area contributed by atoms with Crippen LogP contribution in [0.5, 0.6) is 5.75 Å². The maximum atomic E-state index is 12.9. The summed E-state index contributed by atoms with van der Waals surface area (Å²) in [5.41, 5.74) is 1.15. The predicted molar refractivity (Wildman–Crippen MR) is 127 cm³/mol. The van der Waals surface area contributed by atoms with Gasteiger partial charge in [0.25, 0.3) is 5.91 Å². The summed E-state index contributed by atoms with van der Waals surface area (Å²) in [6.07, 6.45) is 12.3. The molecule has 0 bridgehead atoms. The van der Waals surface area contributed by atoms with Crippen LogP contribution in [0.3, 0.4) is 0 Å². The van der Waals surface area contributed by atoms with E-state index >= 15 is 0 Å². The van der Waals surface area contributed by atoms with Crippen molar-refractivity contribution in [3.63, 3.8) is 0 Å². The lowest BCUT2D eigenvalue weighted by molar-refractivity contribution is -0.141. The highest BCUT2D eigenvalue weighted by molar-refractivity contribution is 6.30. The first-order chi connectivity index (χ1) is 15.6. The van der Waals surface area contributed by atoms with Crippen LogP contribution in [0, 0.1) is 5.92 Å². The normalized spacial score (nSPS) is 21.3. The van der Waals surface area contributed by atoms with Gasteiger partial charge in [0, 0.05) is 37.1 Å². The summed E-state index contributed by atoms with van der Waals surface area (Å²) < 4.78 is 6.02. The van der Waals surface area contributed by atoms with Crippen molar-refractivity contribution in [2.24, 2.45) is 5.92 Å². The van der Waals surface area contributed by atoms with E-state index in [-0.39, 0.29) is 18.4 Å². The number of likely N-dealkylation sites (tertiary alicyclic amines) is 2. The van der Waals surface area contributed by atoms with E-state index in [1.165, 1.54) is 32.1 Å². The van der Waals surface area contributed by atoms with Crippen LogP contribution in [-0.2, 0) is 9.59 Å². The molecule has 2 amide bonds. The number of hydrogen-bond acceptors (Lipinski definition) is 3. The summed E-state index contributed by atoms with van der Waals surface area (Å²) in [4.78, 5) is 29.6. The minimum Gasteiger partial charge on any atom is -0.483 e. The average molecular weight is 461 g/mol. The molecule has 0 N–H and O–H groups in total. The average Bonchev–Trinajstić information content (AvgIpc) is 3.13. The zero-order valence-corrected chi connectivity index (χ0v) is 20.0. The highest BCUT2D eigenvalue weighted by Gasteiger charge is 2.30. The van der Waals surface area contributed by atoms with Crippen molar-refractivity contribution in [1.29, 1.82) is 0 Å². The van der Waals surface area contributed by atoms with Crippen LogP contribution >= 0.6 is 11.6 Å². The molecule has 6 heteroatoms. The molecule has 1 aromatic rings. The second-order valence-corrected chi connectivity index (χ2v) is 10.1. The van der Waals surface area contributed by atoms with E-state index in [2.05, 4.69) is 4.90 Å². The fraction of sp³-hybridized carbons (Fsp3) is 0.692. The van der Waals surface area contributed by atoms with Crippen LogP contribution in [0.4, 0.5) is 0 Å². The van der Waals surface area contributed by atoms with E-state index in [4.69, 9.17) is 16.3 Å². The first-order valence-electron chi connectivity index (χ1n) is 12.6. The molecule has 1 aliphatic carbocycles. The van der Waals surface area contributed by atoms with E-state index in [0.717, 1.165) is 68.0 Å². The molecule has 0 atom stereocenters. The Kier molecular flexibility index (Phi) is 8.34. The van der Waals surface area contributed by atoms with Crippen molar-refractivity contribution in [2.45, 2.75) is 76.5 Å². The van der Waals surface area contributed by atoms with E-state index in [1.807, 2.05) is 23.1 Å². The Bertz CT molecular complexity index is 777. The van der Waals surface area contributed by atoms with Crippen molar-refractivity contribution in [3.05, 3.63) is 28.8 Å². The first kappa shape index (κ1) is 23.4. The Morgan fingerprint density at radius 3 is 2.19 bits per heavy atom. The number of piperidine rings is 1. The lowest BCUT2D eigenvalue weighted by Gasteiger charge is -2.34. The largest absolute Gasteiger partial charge is 0.483 e. The number of carbonyl (C=O) groups is 2. The molecule has 0 aromatic heterocycles. The quantitative estimate of drug-likeness (QED) is 0.590. The number of amides is 2. The molecule has 0 unspecified atom stereocenters. The Balaban J connectivity index is 1.28. The van der Waals surface area contributed by atoms with Crippen LogP contribution in [0.1, 0.15) is 82.1 Å². The highest BCUT2D eigenvalue weighted by Crippen LogP contribution is 2.38. The van der Waals surface area contributed by atoms with Gasteiger partial charge in [-0.1, -0.05) is 43.7 Å². The third-order valence-electron chi connectivity index (χ3n) is 7.48. The molecule has 3 fully saturated rings. The van der Waals surface area contributed by atoms with Gasteiger partial charge in [-0.25, -0.2) is 0 Å². The van der Waals surface area contributed by atoms with Crippen LogP contribution in [0.25, 0.3) is 0 Å². The van der Waals surface area contributed by atoms with E-state index in [9.17, 15) is 9.59 Å². The molecule has 1 saturated carbocycles. The van der Waals surface area contributed by atoms with Gasteiger partial charge < -0.3 is 14.5 Å². The number of hydrogen-bond donors (Lipinski definition) is 0. The zero-order chi connectivity index (χ0) is 22.3. The van der Waals surface area contributed by atoms with E-state index < -0.39 is 0 Å². The molecular formula is C26H37ClN2O3. The summed E-state index contributed by atoms with van der Waals surface area (Å²) >= 11 is 6.26. The molecule has 2 aliphatic heterocycles. The second-order valence-electron chi connectivity index (χ2n) is 9.70. The van der Waals surface area contributed by atoms with Crippen molar-refractivity contribution < 1.29 is 14.3 Å². The number of halogens is 1. The number of ether oxygens (including phenoxy) is 1. The monoisotopic (exact) mass is 460 g/mol. The molecule has 176 valence electrons. The number of nitrogens with zero attached hydrogens (tertiary/aromatic N) is 2. The van der Waals surface area contributed by atoms with E-state index in [1.54, 1.807) is 0 Å². The van der Waals surface area contributed by atoms with Gasteiger partial charge in [-0.15, -0.1) is 0 Å². The molecule has 2 heterocycles. The number of benzene rings is 1. The molecule has 32 heavy (non-hydrogen) atoms. The third-order valence-corrected chi connectivity index (χ3v) is 7.72. The summed E-state index contributed by atoms with van der Waals surface area (Å²) in [7, 11) is 0. The maximum absolute atomic E-state index is 12.9. The molecule has 5 nitrogen and oxygen atoms in total. The standard InChI is InChI=1S/C26H37ClN2O3/c27-22-10-11-24(23(18-22)20-8-4-3-5-9-20)32-19-25(30)28-16-12-21(13-17-28)26(31)29-14-6-1-2-7-15-29/h10-11,18,20-21H,1-9,12-17,19H2. The summed E-state index contributed by atoms with van der Waals surface area (Å²) in [6.45, 7) is 3.13. The minimum absolute atomic E-state index is 0.00946. The smallest absolute Gasteiger partial charge is 0.260 e. The van der Waals surface area contributed by atoms with Crippen LogP contribution in [0.2, 0.25) is 5.02 Å². The molecular weight excluding hydrogens is 424 g/mol. The molecule has 0 spiro atoms. The Morgan fingerprint density at radius 1 is 0.844 bits per heavy atom. The van der Waals surface area contributed by atoms with Crippen molar-refractivity contribution in [3.8, 4) is 5.75 Å². The summed E-state index contributed by atoms with van der Waals surface area (Å²) in [6, 6.07) is 5.76. The van der Waals surface area contributed by atoms with Gasteiger partial charge in [0.05, 0.1) is 0 Å². The second kappa shape index (κ2) is 11.4. The lowest BCUT2D eigenvalue weighted by atomic mass is 9.84. The Hall–Kier alpha value is -1.75. The van der Waals surface area contributed by atoms with Gasteiger partial charge in [-0.2, -0.15) is 0 Å². The maximum Gasteiger partial charge on any atom is 0.260 e. The van der Waals surface area contributed by atoms with Gasteiger partial charge in [-0.05, 0) is 68.2 Å². The van der Waals surface area contributed by atoms with Gasteiger partial charge in [-0.3, -0.25) is 9.59 Å². The predicted octanol–water partition coefficient (Wildman–Crippen LogP) is 5.41. The summed E-state index contributed by atoms with van der Waals surface area (Å²) in [5, 5.41) is 0.723. The highest BCUT2D eigenvalue weighted by atomic mass is 35.5. The molecule has 0 radical (unpaired) electrons. The van der Waals surface area contributed by atoms with Gasteiger partial charge in [0.1, 0.15) is 5.75 Å². The van der Waals surface area contributed by atoms with Gasteiger partial charge in [0.2, 0.25) is 5.91 Å². The molecule has 4 rings (SSSR count). The van der Waals surface area contributed by atoms with Crippen molar-refractivity contribution >= 4 is 23.4 Å².